The SMILES string of the molecule is CCOc1ccc(Cl)cc1CC(C)C(N)=S. The van der Waals surface area contributed by atoms with E-state index in [-0.39, 0.29) is 5.92 Å². The van der Waals surface area contributed by atoms with E-state index in [1.54, 1.807) is 0 Å². The molecule has 4 heteroatoms. The minimum atomic E-state index is 0.146. The highest BCUT2D eigenvalue weighted by atomic mass is 35.5. The zero-order valence-electron chi connectivity index (χ0n) is 9.50. The maximum Gasteiger partial charge on any atom is 0.122 e. The predicted molar refractivity (Wildman–Crippen MR) is 72.3 cm³/mol. The monoisotopic (exact) mass is 257 g/mol. The second-order valence-electron chi connectivity index (χ2n) is 3.69. The molecule has 1 aromatic rings. The molecule has 0 saturated carbocycles. The number of benzene rings is 1. The topological polar surface area (TPSA) is 35.2 Å². The van der Waals surface area contributed by atoms with E-state index < -0.39 is 0 Å². The fourth-order valence-electron chi connectivity index (χ4n) is 1.43. The van der Waals surface area contributed by atoms with Crippen molar-refractivity contribution in [3.05, 3.63) is 28.8 Å². The van der Waals surface area contributed by atoms with Crippen LogP contribution in [0.1, 0.15) is 19.4 Å². The van der Waals surface area contributed by atoms with Crippen LogP contribution in [-0.2, 0) is 6.42 Å². The Morgan fingerprint density at radius 1 is 1.56 bits per heavy atom. The third-order valence-electron chi connectivity index (χ3n) is 2.33. The number of halogens is 1. The van der Waals surface area contributed by atoms with Crippen molar-refractivity contribution in [2.75, 3.05) is 6.61 Å². The highest BCUT2D eigenvalue weighted by Crippen LogP contribution is 2.25. The Balaban J connectivity index is 2.91. The van der Waals surface area contributed by atoms with Gasteiger partial charge in [0, 0.05) is 10.9 Å². The number of ether oxygens (including phenoxy) is 1. The second-order valence-corrected chi connectivity index (χ2v) is 4.60. The first-order valence-electron chi connectivity index (χ1n) is 5.25. The highest BCUT2D eigenvalue weighted by Gasteiger charge is 2.11. The van der Waals surface area contributed by atoms with Crippen LogP contribution in [0.3, 0.4) is 0 Å². The molecular weight excluding hydrogens is 242 g/mol. The molecule has 1 unspecified atom stereocenters. The van der Waals surface area contributed by atoms with E-state index in [2.05, 4.69) is 0 Å². The van der Waals surface area contributed by atoms with Gasteiger partial charge in [-0.15, -0.1) is 0 Å². The Kier molecular flexibility index (Phi) is 5.03. The molecule has 0 fully saturated rings. The molecule has 88 valence electrons. The van der Waals surface area contributed by atoms with Crippen molar-refractivity contribution in [1.29, 1.82) is 0 Å². The van der Waals surface area contributed by atoms with E-state index in [0.717, 1.165) is 17.7 Å². The van der Waals surface area contributed by atoms with E-state index in [1.165, 1.54) is 0 Å². The third-order valence-corrected chi connectivity index (χ3v) is 2.97. The van der Waals surface area contributed by atoms with Crippen LogP contribution in [0.2, 0.25) is 5.02 Å². The quantitative estimate of drug-likeness (QED) is 0.823. The molecule has 0 heterocycles. The van der Waals surface area contributed by atoms with Gasteiger partial charge in [-0.1, -0.05) is 30.7 Å². The molecule has 0 radical (unpaired) electrons. The van der Waals surface area contributed by atoms with Gasteiger partial charge >= 0.3 is 0 Å². The van der Waals surface area contributed by atoms with Crippen molar-refractivity contribution < 1.29 is 4.74 Å². The number of hydrogen-bond acceptors (Lipinski definition) is 2. The summed E-state index contributed by atoms with van der Waals surface area (Å²) in [5, 5.41) is 0.702. The van der Waals surface area contributed by atoms with Crippen LogP contribution in [0.15, 0.2) is 18.2 Å². The van der Waals surface area contributed by atoms with E-state index in [1.807, 2.05) is 32.0 Å². The smallest absolute Gasteiger partial charge is 0.122 e. The van der Waals surface area contributed by atoms with E-state index >= 15 is 0 Å². The molecule has 0 aliphatic carbocycles. The molecule has 0 aliphatic heterocycles. The lowest BCUT2D eigenvalue weighted by Gasteiger charge is -2.14. The zero-order valence-corrected chi connectivity index (χ0v) is 11.1. The Labute approximate surface area is 107 Å². The van der Waals surface area contributed by atoms with Crippen molar-refractivity contribution in [3.63, 3.8) is 0 Å². The summed E-state index contributed by atoms with van der Waals surface area (Å²) in [7, 11) is 0. The summed E-state index contributed by atoms with van der Waals surface area (Å²) in [5.41, 5.74) is 6.65. The van der Waals surface area contributed by atoms with Crippen molar-refractivity contribution in [2.24, 2.45) is 11.7 Å². The van der Waals surface area contributed by atoms with Crippen LogP contribution in [0.4, 0.5) is 0 Å². The third kappa shape index (κ3) is 3.65. The Morgan fingerprint density at radius 2 is 2.25 bits per heavy atom. The van der Waals surface area contributed by atoms with E-state index in [9.17, 15) is 0 Å². The normalized spacial score (nSPS) is 12.2. The van der Waals surface area contributed by atoms with Crippen LogP contribution in [0, 0.1) is 5.92 Å². The second kappa shape index (κ2) is 6.06. The molecule has 16 heavy (non-hydrogen) atoms. The van der Waals surface area contributed by atoms with Crippen molar-refractivity contribution in [2.45, 2.75) is 20.3 Å². The van der Waals surface area contributed by atoms with E-state index in [4.69, 9.17) is 34.3 Å². The lowest BCUT2D eigenvalue weighted by molar-refractivity contribution is 0.336. The molecule has 0 spiro atoms. The molecule has 1 aromatic carbocycles. The first-order chi connectivity index (χ1) is 7.54. The van der Waals surface area contributed by atoms with Gasteiger partial charge in [0.25, 0.3) is 0 Å². The van der Waals surface area contributed by atoms with Gasteiger partial charge in [0.1, 0.15) is 5.75 Å². The van der Waals surface area contributed by atoms with Crippen LogP contribution >= 0.6 is 23.8 Å². The van der Waals surface area contributed by atoms with E-state index in [0.29, 0.717) is 16.6 Å². The average Bonchev–Trinajstić information content (AvgIpc) is 2.22. The predicted octanol–water partition coefficient (Wildman–Crippen LogP) is 3.20. The maximum atomic E-state index is 5.96. The molecule has 2 N–H and O–H groups in total. The van der Waals surface area contributed by atoms with Crippen molar-refractivity contribution >= 4 is 28.8 Å². The largest absolute Gasteiger partial charge is 0.494 e. The number of thiocarbonyl (C=S) groups is 1. The molecule has 2 nitrogen and oxygen atoms in total. The minimum absolute atomic E-state index is 0.146. The minimum Gasteiger partial charge on any atom is -0.494 e. The lowest BCUT2D eigenvalue weighted by Crippen LogP contribution is -2.20. The summed E-state index contributed by atoms with van der Waals surface area (Å²) in [5.74, 6) is 1.00. The molecule has 1 rings (SSSR count). The van der Waals surface area contributed by atoms with Gasteiger partial charge < -0.3 is 10.5 Å². The molecule has 0 aromatic heterocycles. The fraction of sp³-hybridized carbons (Fsp3) is 0.417. The first-order valence-corrected chi connectivity index (χ1v) is 6.03. The summed E-state index contributed by atoms with van der Waals surface area (Å²) in [6, 6.07) is 5.61. The summed E-state index contributed by atoms with van der Waals surface area (Å²) in [6.07, 6.45) is 0.755. The van der Waals surface area contributed by atoms with Crippen LogP contribution in [0.5, 0.6) is 5.75 Å². The van der Waals surface area contributed by atoms with Crippen LogP contribution < -0.4 is 10.5 Å². The van der Waals surface area contributed by atoms with Crippen LogP contribution in [-0.4, -0.2) is 11.6 Å². The standard InChI is InChI=1S/C12H16ClNOS/c1-3-15-11-5-4-10(13)7-9(11)6-8(2)12(14)16/h4-5,7-8H,3,6H2,1-2H3,(H2,14,16). The fourth-order valence-corrected chi connectivity index (χ4v) is 1.71. The molecular formula is C12H16ClNOS. The van der Waals surface area contributed by atoms with Crippen molar-refractivity contribution in [1.82, 2.24) is 0 Å². The lowest BCUT2D eigenvalue weighted by atomic mass is 10.0. The summed E-state index contributed by atoms with van der Waals surface area (Å²) < 4.78 is 5.53. The summed E-state index contributed by atoms with van der Waals surface area (Å²) in [4.78, 5) is 0.516. The van der Waals surface area contributed by atoms with Gasteiger partial charge in [-0.25, -0.2) is 0 Å². The van der Waals surface area contributed by atoms with Gasteiger partial charge in [-0.05, 0) is 37.1 Å². The Bertz CT molecular complexity index is 381. The summed E-state index contributed by atoms with van der Waals surface area (Å²) >= 11 is 10.9. The highest BCUT2D eigenvalue weighted by molar-refractivity contribution is 7.80. The zero-order chi connectivity index (χ0) is 12.1. The van der Waals surface area contributed by atoms with Gasteiger partial charge in [-0.2, -0.15) is 0 Å². The molecule has 0 aliphatic rings. The molecule has 0 amide bonds. The Morgan fingerprint density at radius 3 is 2.81 bits per heavy atom. The average molecular weight is 258 g/mol. The molecule has 0 bridgehead atoms. The van der Waals surface area contributed by atoms with Gasteiger partial charge in [0.15, 0.2) is 0 Å². The molecule has 1 atom stereocenters. The number of nitrogens with two attached hydrogens (primary N) is 1. The van der Waals surface area contributed by atoms with Crippen LogP contribution in [0.25, 0.3) is 0 Å². The van der Waals surface area contributed by atoms with Gasteiger partial charge in [0.2, 0.25) is 0 Å². The summed E-state index contributed by atoms with van der Waals surface area (Å²) in [6.45, 7) is 4.59. The first kappa shape index (κ1) is 13.3. The number of rotatable bonds is 5. The molecule has 0 saturated heterocycles. The van der Waals surface area contributed by atoms with Gasteiger partial charge in [0.05, 0.1) is 11.6 Å². The Hall–Kier alpha value is -0.800. The maximum absolute atomic E-state index is 5.96. The van der Waals surface area contributed by atoms with Gasteiger partial charge in [-0.3, -0.25) is 0 Å². The van der Waals surface area contributed by atoms with Crippen molar-refractivity contribution in [3.8, 4) is 5.75 Å². The number of hydrogen-bond donors (Lipinski definition) is 1.